The molecule has 0 saturated heterocycles. The summed E-state index contributed by atoms with van der Waals surface area (Å²) in [5.74, 6) is -1.39. The first-order valence-electron chi connectivity index (χ1n) is 14.0. The van der Waals surface area contributed by atoms with Crippen molar-refractivity contribution >= 4 is 35.0 Å². The second-order valence-electron chi connectivity index (χ2n) is 10.7. The summed E-state index contributed by atoms with van der Waals surface area (Å²) >= 11 is 1.51. The fourth-order valence-electron chi connectivity index (χ4n) is 4.58. The van der Waals surface area contributed by atoms with E-state index in [4.69, 9.17) is 4.52 Å². The maximum absolute atomic E-state index is 13.5. The Morgan fingerprint density at radius 1 is 1.02 bits per heavy atom. The van der Waals surface area contributed by atoms with E-state index < -0.39 is 35.8 Å². The van der Waals surface area contributed by atoms with Gasteiger partial charge in [-0.3, -0.25) is 24.1 Å². The van der Waals surface area contributed by atoms with E-state index >= 15 is 0 Å². The van der Waals surface area contributed by atoms with Gasteiger partial charge in [0.15, 0.2) is 11.5 Å². The Morgan fingerprint density at radius 3 is 2.50 bits per heavy atom. The Kier molecular flexibility index (Phi) is 10.8. The average Bonchev–Trinajstić information content (AvgIpc) is 3.64. The van der Waals surface area contributed by atoms with Gasteiger partial charge in [-0.2, -0.15) is 0 Å². The van der Waals surface area contributed by atoms with E-state index in [9.17, 15) is 19.2 Å². The second kappa shape index (κ2) is 14.7. The summed E-state index contributed by atoms with van der Waals surface area (Å²) in [7, 11) is 0. The van der Waals surface area contributed by atoms with Gasteiger partial charge in [0.1, 0.15) is 23.1 Å². The smallest absolute Gasteiger partial charge is 0.274 e. The van der Waals surface area contributed by atoms with Gasteiger partial charge in [0.2, 0.25) is 17.7 Å². The quantitative estimate of drug-likeness (QED) is 0.335. The third-order valence-electron chi connectivity index (χ3n) is 6.74. The number of benzene rings is 1. The predicted molar refractivity (Wildman–Crippen MR) is 156 cm³/mol. The van der Waals surface area contributed by atoms with Crippen LogP contribution in [0, 0.1) is 5.92 Å². The number of carbonyl (C=O) groups is 4. The van der Waals surface area contributed by atoms with Crippen molar-refractivity contribution in [2.75, 3.05) is 13.1 Å². The number of fused-ring (bicyclic) bond motifs is 2. The number of aromatic nitrogens is 2. The standard InChI is InChI=1S/C29H37N7O5S/c1-18(2)13-22-28(39)34-23(14-20-7-5-4-6-8-20)27(38)31-9-11-36(17-25-30-10-12-42-25)16-21-15-24(35-41-21)29(40)32-19(3)26(37)33-22/h4-8,10,12,15,18-19,22-23H,9,11,13-14,16-17H2,1-3H3,(H,31,38)(H,32,40)(H,33,37)(H,34,39)/t19-,22-,23-/m1/s1. The summed E-state index contributed by atoms with van der Waals surface area (Å²) in [6, 6.07) is 8.21. The molecule has 3 aromatic rings. The van der Waals surface area contributed by atoms with Crippen LogP contribution in [0.3, 0.4) is 0 Å². The van der Waals surface area contributed by atoms with Crippen LogP contribution in [-0.2, 0) is 33.9 Å². The lowest BCUT2D eigenvalue weighted by atomic mass is 10.0. The Hall–Kier alpha value is -4.10. The minimum atomic E-state index is -0.955. The molecule has 0 radical (unpaired) electrons. The Balaban J connectivity index is 1.60. The summed E-state index contributed by atoms with van der Waals surface area (Å²) in [4.78, 5) is 59.2. The molecule has 3 heterocycles. The largest absolute Gasteiger partial charge is 0.359 e. The summed E-state index contributed by atoms with van der Waals surface area (Å²) in [6.45, 7) is 6.94. The third kappa shape index (κ3) is 8.95. The molecule has 224 valence electrons. The van der Waals surface area contributed by atoms with E-state index in [0.717, 1.165) is 10.6 Å². The lowest BCUT2D eigenvalue weighted by molar-refractivity contribution is -0.132. The SMILES string of the molecule is CC(C)C[C@H]1NC(=O)[C@@H](C)NC(=O)c2cc(on2)CN(Cc2nccs2)CCNC(=O)[C@@H](Cc2ccccc2)NC1=O. The highest BCUT2D eigenvalue weighted by molar-refractivity contribution is 7.09. The molecule has 12 nitrogen and oxygen atoms in total. The zero-order valence-corrected chi connectivity index (χ0v) is 24.8. The van der Waals surface area contributed by atoms with E-state index in [1.165, 1.54) is 24.3 Å². The van der Waals surface area contributed by atoms with Crippen molar-refractivity contribution in [3.8, 4) is 0 Å². The normalized spacial score (nSPS) is 21.6. The first-order valence-corrected chi connectivity index (χ1v) is 14.9. The highest BCUT2D eigenvalue weighted by Crippen LogP contribution is 2.14. The molecule has 0 aliphatic carbocycles. The fourth-order valence-corrected chi connectivity index (χ4v) is 5.24. The molecule has 2 aromatic heterocycles. The van der Waals surface area contributed by atoms with Gasteiger partial charge in [-0.25, -0.2) is 4.98 Å². The van der Waals surface area contributed by atoms with Crippen molar-refractivity contribution in [3.05, 3.63) is 70.0 Å². The molecule has 0 spiro atoms. The van der Waals surface area contributed by atoms with Crippen LogP contribution in [0.2, 0.25) is 0 Å². The average molecular weight is 596 g/mol. The van der Waals surface area contributed by atoms with Crippen LogP contribution >= 0.6 is 11.3 Å². The van der Waals surface area contributed by atoms with E-state index in [0.29, 0.717) is 31.8 Å². The fraction of sp³-hybridized carbons (Fsp3) is 0.448. The molecular weight excluding hydrogens is 558 g/mol. The predicted octanol–water partition coefficient (Wildman–Crippen LogP) is 1.64. The molecule has 4 amide bonds. The Labute approximate surface area is 248 Å². The minimum absolute atomic E-state index is 0.0356. The molecule has 3 atom stereocenters. The van der Waals surface area contributed by atoms with Crippen molar-refractivity contribution in [1.29, 1.82) is 0 Å². The highest BCUT2D eigenvalue weighted by Gasteiger charge is 2.30. The van der Waals surface area contributed by atoms with Gasteiger partial charge >= 0.3 is 0 Å². The number of nitrogens with zero attached hydrogens (tertiary/aromatic N) is 3. The molecule has 0 unspecified atom stereocenters. The molecule has 2 bridgehead atoms. The molecule has 0 fully saturated rings. The maximum Gasteiger partial charge on any atom is 0.274 e. The summed E-state index contributed by atoms with van der Waals surface area (Å²) < 4.78 is 5.43. The molecule has 13 heteroatoms. The summed E-state index contributed by atoms with van der Waals surface area (Å²) in [5, 5.41) is 17.8. The van der Waals surface area contributed by atoms with Gasteiger partial charge in [-0.1, -0.05) is 49.3 Å². The molecule has 4 rings (SSSR count). The van der Waals surface area contributed by atoms with Crippen LogP contribution in [0.5, 0.6) is 0 Å². The van der Waals surface area contributed by atoms with Crippen LogP contribution in [0.25, 0.3) is 0 Å². The molecule has 42 heavy (non-hydrogen) atoms. The van der Waals surface area contributed by atoms with Crippen LogP contribution in [-0.4, -0.2) is 69.9 Å². The van der Waals surface area contributed by atoms with Gasteiger partial charge in [0.05, 0.1) is 13.1 Å². The van der Waals surface area contributed by atoms with Crippen LogP contribution < -0.4 is 21.3 Å². The topological polar surface area (TPSA) is 159 Å². The van der Waals surface area contributed by atoms with Crippen molar-refractivity contribution < 1.29 is 23.7 Å². The van der Waals surface area contributed by atoms with E-state index in [-0.39, 0.29) is 30.5 Å². The second-order valence-corrected chi connectivity index (χ2v) is 11.7. The number of rotatable bonds is 6. The van der Waals surface area contributed by atoms with Crippen molar-refractivity contribution in [2.45, 2.75) is 64.8 Å². The summed E-state index contributed by atoms with van der Waals surface area (Å²) in [5.41, 5.74) is 0.917. The molecule has 1 aliphatic rings. The van der Waals surface area contributed by atoms with Gasteiger partial charge < -0.3 is 25.8 Å². The first-order chi connectivity index (χ1) is 20.2. The zero-order valence-electron chi connectivity index (χ0n) is 24.0. The maximum atomic E-state index is 13.5. The van der Waals surface area contributed by atoms with Gasteiger partial charge in [0.25, 0.3) is 5.91 Å². The molecular formula is C29H37N7O5S. The number of nitrogens with one attached hydrogen (secondary N) is 4. The minimum Gasteiger partial charge on any atom is -0.359 e. The molecule has 0 saturated carbocycles. The van der Waals surface area contributed by atoms with Crippen molar-refractivity contribution in [2.24, 2.45) is 5.92 Å². The van der Waals surface area contributed by atoms with Crippen LogP contribution in [0.1, 0.15) is 54.0 Å². The monoisotopic (exact) mass is 595 g/mol. The van der Waals surface area contributed by atoms with Gasteiger partial charge in [-0.05, 0) is 24.8 Å². The van der Waals surface area contributed by atoms with Crippen LogP contribution in [0.4, 0.5) is 0 Å². The highest BCUT2D eigenvalue weighted by atomic mass is 32.1. The lowest BCUT2D eigenvalue weighted by Crippen LogP contribution is -2.57. The number of hydrogen-bond acceptors (Lipinski definition) is 9. The van der Waals surface area contributed by atoms with E-state index in [2.05, 4.69) is 31.4 Å². The van der Waals surface area contributed by atoms with Crippen LogP contribution in [0.15, 0.2) is 52.5 Å². The number of hydrogen-bond donors (Lipinski definition) is 4. The molecule has 1 aromatic carbocycles. The molecule has 1 aliphatic heterocycles. The Morgan fingerprint density at radius 2 is 1.79 bits per heavy atom. The zero-order chi connectivity index (χ0) is 30.1. The first kappa shape index (κ1) is 30.8. The van der Waals surface area contributed by atoms with Gasteiger partial charge in [-0.15, -0.1) is 11.3 Å². The lowest BCUT2D eigenvalue weighted by Gasteiger charge is -2.26. The van der Waals surface area contributed by atoms with Crippen molar-refractivity contribution in [1.82, 2.24) is 36.3 Å². The number of carbonyl (C=O) groups excluding carboxylic acids is 4. The summed E-state index contributed by atoms with van der Waals surface area (Å²) in [6.07, 6.45) is 2.34. The number of amides is 4. The number of thiazole rings is 1. The van der Waals surface area contributed by atoms with Crippen molar-refractivity contribution in [3.63, 3.8) is 0 Å². The Bertz CT molecular complexity index is 1350. The van der Waals surface area contributed by atoms with E-state index in [1.807, 2.05) is 54.5 Å². The van der Waals surface area contributed by atoms with E-state index in [1.54, 1.807) is 6.20 Å². The third-order valence-corrected chi connectivity index (χ3v) is 7.50. The van der Waals surface area contributed by atoms with Gasteiger partial charge in [0, 0.05) is 37.2 Å². The molecule has 4 N–H and O–H groups in total.